The van der Waals surface area contributed by atoms with Gasteiger partial charge in [0.05, 0.1) is 10.6 Å². The maximum absolute atomic E-state index is 12.2. The molecule has 2 N–H and O–H groups in total. The van der Waals surface area contributed by atoms with E-state index in [1.165, 1.54) is 24.3 Å². The molecule has 0 unspecified atom stereocenters. The van der Waals surface area contributed by atoms with Crippen LogP contribution in [0.4, 0.5) is 11.4 Å². The second kappa shape index (κ2) is 4.83. The lowest BCUT2D eigenvalue weighted by atomic mass is 10.1. The average Bonchev–Trinajstić information content (AvgIpc) is 2.46. The number of rotatable bonds is 2. The number of hydrogen-bond donors (Lipinski definition) is 2. The predicted molar refractivity (Wildman–Crippen MR) is 76.2 cm³/mol. The van der Waals surface area contributed by atoms with Gasteiger partial charge >= 0.3 is 0 Å². The highest BCUT2D eigenvalue weighted by Crippen LogP contribution is 2.31. The largest absolute Gasteiger partial charge is 0.364 e. The second-order valence-corrected chi connectivity index (χ2v) is 6.23. The number of hydrogen-bond acceptors (Lipinski definition) is 5. The van der Waals surface area contributed by atoms with Crippen LogP contribution in [-0.4, -0.2) is 13.3 Å². The van der Waals surface area contributed by atoms with Gasteiger partial charge in [-0.2, -0.15) is 4.72 Å². The number of fused-ring (bicyclic) bond motifs is 1. The molecule has 0 saturated carbocycles. The van der Waals surface area contributed by atoms with Crippen molar-refractivity contribution in [1.29, 1.82) is 0 Å². The highest BCUT2D eigenvalue weighted by atomic mass is 32.2. The lowest BCUT2D eigenvalue weighted by Gasteiger charge is -2.28. The van der Waals surface area contributed by atoms with Crippen LogP contribution in [0.3, 0.4) is 0 Å². The molecule has 0 spiro atoms. The number of nitro benzene ring substituents is 1. The van der Waals surface area contributed by atoms with Crippen LogP contribution in [0, 0.1) is 10.1 Å². The molecule has 2 aromatic rings. The fourth-order valence-corrected chi connectivity index (χ4v) is 3.50. The van der Waals surface area contributed by atoms with Crippen molar-refractivity contribution >= 4 is 21.4 Å². The van der Waals surface area contributed by atoms with E-state index < -0.39 is 21.1 Å². The molecular formula is C13H11N3O4S. The van der Waals surface area contributed by atoms with Crippen LogP contribution in [0.1, 0.15) is 11.7 Å². The van der Waals surface area contributed by atoms with E-state index in [2.05, 4.69) is 10.0 Å². The lowest BCUT2D eigenvalue weighted by Crippen LogP contribution is -2.38. The third-order valence-electron chi connectivity index (χ3n) is 3.16. The first-order valence-electron chi connectivity index (χ1n) is 6.10. The molecule has 3 rings (SSSR count). The molecule has 0 amide bonds. The number of nitrogens with one attached hydrogen (secondary N) is 2. The van der Waals surface area contributed by atoms with Gasteiger partial charge in [0.2, 0.25) is 10.0 Å². The zero-order valence-corrected chi connectivity index (χ0v) is 11.5. The Balaban J connectivity index is 2.03. The summed E-state index contributed by atoms with van der Waals surface area (Å²) in [6.07, 6.45) is -0.746. The second-order valence-electron chi connectivity index (χ2n) is 4.55. The third kappa shape index (κ3) is 2.46. The van der Waals surface area contributed by atoms with Crippen molar-refractivity contribution in [3.05, 3.63) is 64.2 Å². The highest BCUT2D eigenvalue weighted by molar-refractivity contribution is 7.89. The fraction of sp³-hybridized carbons (Fsp3) is 0.0769. The smallest absolute Gasteiger partial charge is 0.269 e. The Morgan fingerprint density at radius 2 is 1.86 bits per heavy atom. The number of sulfonamides is 1. The van der Waals surface area contributed by atoms with E-state index in [-0.39, 0.29) is 10.6 Å². The number of nitrogens with zero attached hydrogens (tertiary/aromatic N) is 1. The minimum atomic E-state index is -3.65. The van der Waals surface area contributed by atoms with Crippen molar-refractivity contribution in [3.8, 4) is 0 Å². The van der Waals surface area contributed by atoms with Crippen LogP contribution in [0.5, 0.6) is 0 Å². The summed E-state index contributed by atoms with van der Waals surface area (Å²) in [4.78, 5) is 10.4. The Bertz CT molecular complexity index is 820. The summed E-state index contributed by atoms with van der Waals surface area (Å²) in [7, 11) is -3.65. The fourth-order valence-electron chi connectivity index (χ4n) is 2.19. The van der Waals surface area contributed by atoms with Gasteiger partial charge in [0.15, 0.2) is 0 Å². The molecule has 21 heavy (non-hydrogen) atoms. The standard InChI is InChI=1S/C13H11N3O4S/c17-16(18)10-5-3-4-9(8-10)13-14-11-6-1-2-7-12(11)21(19,20)15-13/h1-8,13-15H/t13-/m0/s1. The van der Waals surface area contributed by atoms with Gasteiger partial charge in [0.1, 0.15) is 11.1 Å². The SMILES string of the molecule is O=[N+]([O-])c1cccc([C@H]2Nc3ccccc3S(=O)(=O)N2)c1. The Hall–Kier alpha value is -2.45. The van der Waals surface area contributed by atoms with E-state index in [1.807, 2.05) is 0 Å². The maximum atomic E-state index is 12.2. The van der Waals surface area contributed by atoms with Gasteiger partial charge in [-0.05, 0) is 17.7 Å². The van der Waals surface area contributed by atoms with E-state index in [1.54, 1.807) is 24.3 Å². The van der Waals surface area contributed by atoms with Gasteiger partial charge in [-0.25, -0.2) is 8.42 Å². The molecule has 1 aliphatic rings. The maximum Gasteiger partial charge on any atom is 0.269 e. The van der Waals surface area contributed by atoms with Crippen molar-refractivity contribution in [2.24, 2.45) is 0 Å². The number of nitro groups is 1. The van der Waals surface area contributed by atoms with Crippen LogP contribution in [0.15, 0.2) is 53.4 Å². The van der Waals surface area contributed by atoms with Crippen molar-refractivity contribution < 1.29 is 13.3 Å². The Kier molecular flexibility index (Phi) is 3.11. The summed E-state index contributed by atoms with van der Waals surface area (Å²) in [5.41, 5.74) is 0.849. The molecule has 1 aliphatic heterocycles. The summed E-state index contributed by atoms with van der Waals surface area (Å²) < 4.78 is 26.9. The van der Waals surface area contributed by atoms with E-state index >= 15 is 0 Å². The Morgan fingerprint density at radius 3 is 2.62 bits per heavy atom. The van der Waals surface area contributed by atoms with Gasteiger partial charge < -0.3 is 5.32 Å². The highest BCUT2D eigenvalue weighted by Gasteiger charge is 2.30. The number of benzene rings is 2. The summed E-state index contributed by atoms with van der Waals surface area (Å²) in [5, 5.41) is 13.8. The molecule has 0 aliphatic carbocycles. The van der Waals surface area contributed by atoms with Gasteiger partial charge in [-0.15, -0.1) is 0 Å². The molecule has 0 radical (unpaired) electrons. The molecule has 0 aromatic heterocycles. The zero-order valence-electron chi connectivity index (χ0n) is 10.7. The van der Waals surface area contributed by atoms with Gasteiger partial charge in [-0.3, -0.25) is 10.1 Å². The summed E-state index contributed by atoms with van der Waals surface area (Å²) in [5.74, 6) is 0. The number of anilines is 1. The molecule has 7 nitrogen and oxygen atoms in total. The molecule has 2 aromatic carbocycles. The van der Waals surface area contributed by atoms with E-state index in [9.17, 15) is 18.5 Å². The molecule has 0 fully saturated rings. The number of para-hydroxylation sites is 1. The first kappa shape index (κ1) is 13.5. The van der Waals surface area contributed by atoms with E-state index in [0.29, 0.717) is 11.3 Å². The predicted octanol–water partition coefficient (Wildman–Crippen LogP) is 2.00. The molecule has 1 heterocycles. The summed E-state index contributed by atoms with van der Waals surface area (Å²) in [6.45, 7) is 0. The van der Waals surface area contributed by atoms with Crippen molar-refractivity contribution in [1.82, 2.24) is 4.72 Å². The molecule has 0 bridgehead atoms. The van der Waals surface area contributed by atoms with Crippen LogP contribution in [0.25, 0.3) is 0 Å². The Morgan fingerprint density at radius 1 is 1.10 bits per heavy atom. The molecule has 108 valence electrons. The zero-order chi connectivity index (χ0) is 15.0. The lowest BCUT2D eigenvalue weighted by molar-refractivity contribution is -0.384. The van der Waals surface area contributed by atoms with Gasteiger partial charge in [-0.1, -0.05) is 24.3 Å². The van der Waals surface area contributed by atoms with Crippen molar-refractivity contribution in [2.75, 3.05) is 5.32 Å². The topological polar surface area (TPSA) is 101 Å². The van der Waals surface area contributed by atoms with E-state index in [4.69, 9.17) is 0 Å². The third-order valence-corrected chi connectivity index (χ3v) is 4.64. The monoisotopic (exact) mass is 305 g/mol. The normalized spacial score (nSPS) is 19.3. The quantitative estimate of drug-likeness (QED) is 0.652. The molecular weight excluding hydrogens is 294 g/mol. The minimum absolute atomic E-state index is 0.0904. The summed E-state index contributed by atoms with van der Waals surface area (Å²) >= 11 is 0. The molecule has 8 heteroatoms. The van der Waals surface area contributed by atoms with Crippen molar-refractivity contribution in [3.63, 3.8) is 0 Å². The van der Waals surface area contributed by atoms with Crippen LogP contribution >= 0.6 is 0 Å². The van der Waals surface area contributed by atoms with Crippen LogP contribution < -0.4 is 10.0 Å². The average molecular weight is 305 g/mol. The minimum Gasteiger partial charge on any atom is -0.364 e. The first-order valence-corrected chi connectivity index (χ1v) is 7.58. The van der Waals surface area contributed by atoms with Crippen LogP contribution in [-0.2, 0) is 10.0 Å². The van der Waals surface area contributed by atoms with Crippen molar-refractivity contribution in [2.45, 2.75) is 11.1 Å². The van der Waals surface area contributed by atoms with Gasteiger partial charge in [0, 0.05) is 12.1 Å². The molecule has 0 saturated heterocycles. The summed E-state index contributed by atoms with van der Waals surface area (Å²) in [6, 6.07) is 12.3. The Labute approximate surface area is 120 Å². The first-order chi connectivity index (χ1) is 9.97. The number of non-ortho nitro benzene ring substituents is 1. The van der Waals surface area contributed by atoms with Crippen LogP contribution in [0.2, 0.25) is 0 Å². The molecule has 1 atom stereocenters. The van der Waals surface area contributed by atoms with E-state index in [0.717, 1.165) is 0 Å². The van der Waals surface area contributed by atoms with Gasteiger partial charge in [0.25, 0.3) is 5.69 Å².